The quantitative estimate of drug-likeness (QED) is 0.634. The minimum absolute atomic E-state index is 0.832. The second-order valence-electron chi connectivity index (χ2n) is 5.99. The van der Waals surface area contributed by atoms with E-state index in [1.54, 1.807) is 7.11 Å². The highest BCUT2D eigenvalue weighted by Crippen LogP contribution is 2.21. The van der Waals surface area contributed by atoms with Crippen LogP contribution in [0.25, 0.3) is 6.08 Å². The summed E-state index contributed by atoms with van der Waals surface area (Å²) in [5.74, 6) is 0.888. The van der Waals surface area contributed by atoms with Crippen LogP contribution in [0.3, 0.4) is 0 Å². The molecule has 2 N–H and O–H groups in total. The fourth-order valence-electron chi connectivity index (χ4n) is 3.06. The monoisotopic (exact) mass is 311 g/mol. The number of benzene rings is 1. The lowest BCUT2D eigenvalue weighted by Crippen LogP contribution is -2.14. The van der Waals surface area contributed by atoms with Crippen molar-refractivity contribution in [1.29, 1.82) is 0 Å². The van der Waals surface area contributed by atoms with Gasteiger partial charge in [0.1, 0.15) is 5.75 Å². The normalized spacial score (nSPS) is 14.7. The average molecular weight is 311 g/mol. The molecule has 0 atom stereocenters. The molecule has 1 aromatic heterocycles. The van der Waals surface area contributed by atoms with Crippen LogP contribution >= 0.6 is 0 Å². The maximum Gasteiger partial charge on any atom is 0.118 e. The number of hydrogen-bond donors (Lipinski definition) is 2. The molecule has 0 unspecified atom stereocenters. The van der Waals surface area contributed by atoms with Gasteiger partial charge in [-0.15, -0.1) is 0 Å². The van der Waals surface area contributed by atoms with E-state index in [1.165, 1.54) is 48.2 Å². The van der Waals surface area contributed by atoms with Crippen LogP contribution in [-0.4, -0.2) is 23.9 Å². The fourth-order valence-corrected chi connectivity index (χ4v) is 3.06. The van der Waals surface area contributed by atoms with Gasteiger partial charge in [0.25, 0.3) is 0 Å². The Morgan fingerprint density at radius 1 is 1.17 bits per heavy atom. The van der Waals surface area contributed by atoms with Gasteiger partial charge in [-0.1, -0.05) is 30.7 Å². The van der Waals surface area contributed by atoms with Crippen molar-refractivity contribution in [1.82, 2.24) is 15.5 Å². The van der Waals surface area contributed by atoms with Crippen molar-refractivity contribution >= 4 is 6.08 Å². The Balaban J connectivity index is 1.48. The van der Waals surface area contributed by atoms with E-state index in [-0.39, 0.29) is 0 Å². The van der Waals surface area contributed by atoms with Gasteiger partial charge in [-0.25, -0.2) is 0 Å². The van der Waals surface area contributed by atoms with E-state index in [0.717, 1.165) is 25.3 Å². The summed E-state index contributed by atoms with van der Waals surface area (Å²) in [5, 5.41) is 11.2. The SMILES string of the molecule is COc1ccc(/C=C/CNCc2n[nH]c3c2CCCCC3)cc1. The molecule has 1 heterocycles. The van der Waals surface area contributed by atoms with Crippen molar-refractivity contribution < 1.29 is 4.74 Å². The third kappa shape index (κ3) is 4.23. The molecule has 23 heavy (non-hydrogen) atoms. The predicted molar refractivity (Wildman–Crippen MR) is 93.6 cm³/mol. The van der Waals surface area contributed by atoms with Crippen LogP contribution in [0.4, 0.5) is 0 Å². The number of rotatable bonds is 6. The third-order valence-corrected chi connectivity index (χ3v) is 4.37. The Bertz CT molecular complexity index is 643. The summed E-state index contributed by atoms with van der Waals surface area (Å²) in [7, 11) is 1.69. The molecule has 4 heteroatoms. The van der Waals surface area contributed by atoms with Crippen molar-refractivity contribution in [2.24, 2.45) is 0 Å². The van der Waals surface area contributed by atoms with Crippen LogP contribution < -0.4 is 10.1 Å². The molecule has 1 aliphatic rings. The molecule has 2 aromatic rings. The molecular weight excluding hydrogens is 286 g/mol. The third-order valence-electron chi connectivity index (χ3n) is 4.37. The molecule has 122 valence electrons. The zero-order valence-electron chi connectivity index (χ0n) is 13.8. The van der Waals surface area contributed by atoms with Gasteiger partial charge in [0.05, 0.1) is 12.8 Å². The summed E-state index contributed by atoms with van der Waals surface area (Å²) in [6.45, 7) is 1.67. The molecule has 3 rings (SSSR count). The Morgan fingerprint density at radius 2 is 2.00 bits per heavy atom. The highest BCUT2D eigenvalue weighted by atomic mass is 16.5. The van der Waals surface area contributed by atoms with Crippen LogP contribution in [0.15, 0.2) is 30.3 Å². The van der Waals surface area contributed by atoms with E-state index < -0.39 is 0 Å². The predicted octanol–water partition coefficient (Wildman–Crippen LogP) is 3.49. The van der Waals surface area contributed by atoms with Crippen molar-refractivity contribution in [2.75, 3.05) is 13.7 Å². The number of nitrogens with one attached hydrogen (secondary N) is 2. The van der Waals surface area contributed by atoms with Gasteiger partial charge in [0.2, 0.25) is 0 Å². The van der Waals surface area contributed by atoms with Gasteiger partial charge < -0.3 is 10.1 Å². The van der Waals surface area contributed by atoms with E-state index in [0.29, 0.717) is 0 Å². The Hall–Kier alpha value is -2.07. The number of methoxy groups -OCH3 is 1. The summed E-state index contributed by atoms with van der Waals surface area (Å²) in [6.07, 6.45) is 10.5. The number of ether oxygens (including phenoxy) is 1. The first-order valence-corrected chi connectivity index (χ1v) is 8.43. The van der Waals surface area contributed by atoms with Gasteiger partial charge in [0.15, 0.2) is 0 Å². The lowest BCUT2D eigenvalue weighted by Gasteiger charge is -2.03. The molecule has 0 amide bonds. The van der Waals surface area contributed by atoms with Gasteiger partial charge in [-0.3, -0.25) is 5.10 Å². The van der Waals surface area contributed by atoms with E-state index in [1.807, 2.05) is 12.1 Å². The van der Waals surface area contributed by atoms with Crippen LogP contribution in [0.2, 0.25) is 0 Å². The molecule has 0 aliphatic heterocycles. The number of fused-ring (bicyclic) bond motifs is 1. The van der Waals surface area contributed by atoms with Crippen molar-refractivity contribution in [3.05, 3.63) is 52.9 Å². The molecule has 1 aliphatic carbocycles. The van der Waals surface area contributed by atoms with Crippen LogP contribution in [0.5, 0.6) is 5.75 Å². The highest BCUT2D eigenvalue weighted by molar-refractivity contribution is 5.50. The van der Waals surface area contributed by atoms with Gasteiger partial charge >= 0.3 is 0 Å². The van der Waals surface area contributed by atoms with E-state index in [2.05, 4.69) is 39.8 Å². The standard InChI is InChI=1S/C19H25N3O/c1-23-16-11-9-15(10-12-16)6-5-13-20-14-19-17-7-3-2-4-8-18(17)21-22-19/h5-6,9-12,20H,2-4,7-8,13-14H2,1H3,(H,21,22)/b6-5+. The van der Waals surface area contributed by atoms with E-state index in [9.17, 15) is 0 Å². The maximum absolute atomic E-state index is 5.16. The molecule has 0 spiro atoms. The Morgan fingerprint density at radius 3 is 2.83 bits per heavy atom. The number of aromatic nitrogens is 2. The zero-order valence-corrected chi connectivity index (χ0v) is 13.8. The molecule has 1 aromatic carbocycles. The molecular formula is C19H25N3O. The average Bonchev–Trinajstić information content (AvgIpc) is 2.82. The van der Waals surface area contributed by atoms with Crippen molar-refractivity contribution in [3.63, 3.8) is 0 Å². The summed E-state index contributed by atoms with van der Waals surface area (Å²) in [6, 6.07) is 8.07. The first-order valence-electron chi connectivity index (χ1n) is 8.43. The number of nitrogens with zero attached hydrogens (tertiary/aromatic N) is 1. The first kappa shape index (κ1) is 15.8. The number of aryl methyl sites for hydroxylation is 1. The number of aromatic amines is 1. The smallest absolute Gasteiger partial charge is 0.118 e. The van der Waals surface area contributed by atoms with Crippen LogP contribution in [-0.2, 0) is 19.4 Å². The fraction of sp³-hybridized carbons (Fsp3) is 0.421. The lowest BCUT2D eigenvalue weighted by molar-refractivity contribution is 0.415. The summed E-state index contributed by atoms with van der Waals surface area (Å²) in [4.78, 5) is 0. The van der Waals surface area contributed by atoms with E-state index >= 15 is 0 Å². The highest BCUT2D eigenvalue weighted by Gasteiger charge is 2.14. The molecule has 0 fully saturated rings. The minimum Gasteiger partial charge on any atom is -0.497 e. The molecule has 0 radical (unpaired) electrons. The molecule has 4 nitrogen and oxygen atoms in total. The summed E-state index contributed by atoms with van der Waals surface area (Å²) < 4.78 is 5.16. The maximum atomic E-state index is 5.16. The van der Waals surface area contributed by atoms with Gasteiger partial charge in [0, 0.05) is 18.8 Å². The van der Waals surface area contributed by atoms with Gasteiger partial charge in [-0.2, -0.15) is 5.10 Å². The summed E-state index contributed by atoms with van der Waals surface area (Å²) >= 11 is 0. The van der Waals surface area contributed by atoms with Crippen LogP contribution in [0, 0.1) is 0 Å². The molecule has 0 saturated heterocycles. The van der Waals surface area contributed by atoms with Crippen molar-refractivity contribution in [3.8, 4) is 5.75 Å². The summed E-state index contributed by atoms with van der Waals surface area (Å²) in [5.41, 5.74) is 5.18. The topological polar surface area (TPSA) is 49.9 Å². The van der Waals surface area contributed by atoms with E-state index in [4.69, 9.17) is 4.74 Å². The number of hydrogen-bond acceptors (Lipinski definition) is 3. The second-order valence-corrected chi connectivity index (χ2v) is 5.99. The van der Waals surface area contributed by atoms with Gasteiger partial charge in [-0.05, 0) is 48.9 Å². The minimum atomic E-state index is 0.832. The Labute approximate surface area is 138 Å². The first-order chi connectivity index (χ1) is 11.4. The lowest BCUT2D eigenvalue weighted by atomic mass is 10.1. The van der Waals surface area contributed by atoms with Crippen LogP contribution in [0.1, 0.15) is 41.8 Å². The zero-order chi connectivity index (χ0) is 15.9. The Kier molecular flexibility index (Phi) is 5.48. The van der Waals surface area contributed by atoms with Crippen molar-refractivity contribution in [2.45, 2.75) is 38.6 Å². The molecule has 0 bridgehead atoms. The molecule has 0 saturated carbocycles. The number of H-pyrrole nitrogens is 1. The second kappa shape index (κ2) is 7.97. The largest absolute Gasteiger partial charge is 0.497 e.